The van der Waals surface area contributed by atoms with Crippen molar-refractivity contribution in [2.75, 3.05) is 7.05 Å². The van der Waals surface area contributed by atoms with Gasteiger partial charge in [0.2, 0.25) is 5.91 Å². The van der Waals surface area contributed by atoms with Gasteiger partial charge in [0.15, 0.2) is 17.5 Å². The summed E-state index contributed by atoms with van der Waals surface area (Å²) in [5, 5.41) is 2.75. The van der Waals surface area contributed by atoms with Crippen molar-refractivity contribution in [2.24, 2.45) is 21.6 Å². The molecule has 2 amide bonds. The summed E-state index contributed by atoms with van der Waals surface area (Å²) in [5.74, 6) is -0.744. The Morgan fingerprint density at radius 2 is 1.97 bits per heavy atom. The van der Waals surface area contributed by atoms with Gasteiger partial charge in [0.25, 0.3) is 5.91 Å². The van der Waals surface area contributed by atoms with Gasteiger partial charge in [-0.25, -0.2) is 14.4 Å². The SMILES string of the molecule is Cc1nc(C(=O)NC2=CC=C(F)C(C)([C@@]3(C)N=C(N)N(C)C(=O)C3(C)C)C2)co1. The molecule has 0 bridgehead atoms. The number of carbonyl (C=O) groups is 2. The number of hydrogen-bond donors (Lipinski definition) is 2. The Morgan fingerprint density at radius 3 is 2.55 bits per heavy atom. The van der Waals surface area contributed by atoms with E-state index in [2.05, 4.69) is 15.3 Å². The lowest BCUT2D eigenvalue weighted by molar-refractivity contribution is -0.144. The van der Waals surface area contributed by atoms with Crippen LogP contribution in [0.5, 0.6) is 0 Å². The van der Waals surface area contributed by atoms with Crippen molar-refractivity contribution < 1.29 is 18.4 Å². The van der Waals surface area contributed by atoms with Gasteiger partial charge in [-0.05, 0) is 32.9 Å². The van der Waals surface area contributed by atoms with Crippen LogP contribution in [0.4, 0.5) is 4.39 Å². The Labute approximate surface area is 168 Å². The number of aliphatic imine (C=N–C) groups is 1. The Balaban J connectivity index is 1.97. The summed E-state index contributed by atoms with van der Waals surface area (Å²) in [5.41, 5.74) is 3.15. The van der Waals surface area contributed by atoms with Gasteiger partial charge < -0.3 is 15.5 Å². The summed E-state index contributed by atoms with van der Waals surface area (Å²) in [6.45, 7) is 8.51. The summed E-state index contributed by atoms with van der Waals surface area (Å²) in [7, 11) is 1.54. The molecule has 1 aromatic heterocycles. The van der Waals surface area contributed by atoms with Gasteiger partial charge in [0, 0.05) is 26.1 Å². The number of nitrogens with two attached hydrogens (primary N) is 1. The number of aryl methyl sites for hydroxylation is 1. The Hall–Kier alpha value is -2.97. The summed E-state index contributed by atoms with van der Waals surface area (Å²) in [6, 6.07) is 0. The number of halogens is 1. The van der Waals surface area contributed by atoms with E-state index in [4.69, 9.17) is 10.2 Å². The van der Waals surface area contributed by atoms with Crippen LogP contribution in [0.15, 0.2) is 39.3 Å². The largest absolute Gasteiger partial charge is 0.448 e. The average Bonchev–Trinajstić information content (AvgIpc) is 3.08. The molecule has 1 aliphatic carbocycles. The first-order valence-electron chi connectivity index (χ1n) is 9.27. The average molecular weight is 403 g/mol. The number of nitrogens with one attached hydrogen (secondary N) is 1. The van der Waals surface area contributed by atoms with E-state index in [1.165, 1.54) is 23.3 Å². The van der Waals surface area contributed by atoms with E-state index in [0.29, 0.717) is 11.6 Å². The summed E-state index contributed by atoms with van der Waals surface area (Å²) < 4.78 is 20.3. The van der Waals surface area contributed by atoms with Crippen LogP contribution in [0.25, 0.3) is 0 Å². The van der Waals surface area contributed by atoms with Gasteiger partial charge in [0.05, 0.1) is 16.4 Å². The Kier molecular flexibility index (Phi) is 4.68. The molecule has 156 valence electrons. The molecule has 0 fully saturated rings. The minimum atomic E-state index is -1.21. The van der Waals surface area contributed by atoms with Gasteiger partial charge in [0.1, 0.15) is 12.1 Å². The fourth-order valence-corrected chi connectivity index (χ4v) is 4.04. The van der Waals surface area contributed by atoms with E-state index in [9.17, 15) is 9.59 Å². The molecule has 1 aromatic rings. The number of nitrogens with zero attached hydrogens (tertiary/aromatic N) is 3. The zero-order valence-electron chi connectivity index (χ0n) is 17.5. The van der Waals surface area contributed by atoms with Crippen LogP contribution in [0.2, 0.25) is 0 Å². The molecule has 3 N–H and O–H groups in total. The predicted octanol–water partition coefficient (Wildman–Crippen LogP) is 2.43. The van der Waals surface area contributed by atoms with E-state index in [1.807, 2.05) is 0 Å². The molecule has 29 heavy (non-hydrogen) atoms. The lowest BCUT2D eigenvalue weighted by Crippen LogP contribution is -2.65. The lowest BCUT2D eigenvalue weighted by Gasteiger charge is -2.55. The zero-order chi connectivity index (χ0) is 21.8. The van der Waals surface area contributed by atoms with Gasteiger partial charge in [-0.1, -0.05) is 6.92 Å². The third kappa shape index (κ3) is 2.95. The monoisotopic (exact) mass is 403 g/mol. The number of allylic oxidation sites excluding steroid dienone is 3. The van der Waals surface area contributed by atoms with Crippen LogP contribution in [0.3, 0.4) is 0 Å². The number of carbonyl (C=O) groups excluding carboxylic acids is 2. The van der Waals surface area contributed by atoms with Crippen LogP contribution in [-0.4, -0.2) is 40.2 Å². The zero-order valence-corrected chi connectivity index (χ0v) is 17.5. The number of rotatable bonds is 3. The second kappa shape index (κ2) is 6.53. The highest BCUT2D eigenvalue weighted by Crippen LogP contribution is 2.57. The third-order valence-corrected chi connectivity index (χ3v) is 6.44. The van der Waals surface area contributed by atoms with Crippen molar-refractivity contribution in [3.05, 3.63) is 41.5 Å². The van der Waals surface area contributed by atoms with E-state index in [-0.39, 0.29) is 24.0 Å². The van der Waals surface area contributed by atoms with E-state index in [1.54, 1.807) is 41.7 Å². The highest BCUT2D eigenvalue weighted by molar-refractivity contribution is 6.01. The minimum absolute atomic E-state index is 0.0315. The molecule has 9 heteroatoms. The first kappa shape index (κ1) is 20.8. The summed E-state index contributed by atoms with van der Waals surface area (Å²) in [4.78, 5) is 35.2. The number of guanidine groups is 1. The normalized spacial score (nSPS) is 29.1. The molecule has 8 nitrogen and oxygen atoms in total. The summed E-state index contributed by atoms with van der Waals surface area (Å²) >= 11 is 0. The second-order valence-corrected chi connectivity index (χ2v) is 8.45. The molecular formula is C20H26FN5O3. The maximum absolute atomic E-state index is 15.2. The molecule has 0 radical (unpaired) electrons. The molecule has 3 rings (SSSR count). The Bertz CT molecular complexity index is 977. The Morgan fingerprint density at radius 1 is 1.31 bits per heavy atom. The lowest BCUT2D eigenvalue weighted by atomic mass is 9.55. The van der Waals surface area contributed by atoms with Crippen LogP contribution >= 0.6 is 0 Å². The topological polar surface area (TPSA) is 114 Å². The molecular weight excluding hydrogens is 377 g/mol. The van der Waals surface area contributed by atoms with Crippen molar-refractivity contribution in [1.29, 1.82) is 0 Å². The van der Waals surface area contributed by atoms with E-state index in [0.717, 1.165) is 0 Å². The standard InChI is InChI=1S/C20H26FN5O3/c1-11-23-13(10-29-11)15(27)24-12-7-8-14(21)19(4,9-12)20(5)18(2,3)16(28)26(6)17(22)25-20/h7-8,10H,9H2,1-6H3,(H2,22,25)(H,24,27)/t19?,20-/m0/s1. The number of aromatic nitrogens is 1. The van der Waals surface area contributed by atoms with E-state index >= 15 is 4.39 Å². The molecule has 2 atom stereocenters. The van der Waals surface area contributed by atoms with Crippen LogP contribution in [-0.2, 0) is 4.79 Å². The van der Waals surface area contributed by atoms with Gasteiger partial charge >= 0.3 is 0 Å². The first-order chi connectivity index (χ1) is 13.3. The minimum Gasteiger partial charge on any atom is -0.448 e. The maximum Gasteiger partial charge on any atom is 0.277 e. The van der Waals surface area contributed by atoms with Crippen molar-refractivity contribution in [1.82, 2.24) is 15.2 Å². The third-order valence-electron chi connectivity index (χ3n) is 6.44. The number of hydrogen-bond acceptors (Lipinski definition) is 6. The highest BCUT2D eigenvalue weighted by atomic mass is 19.1. The number of amides is 2. The van der Waals surface area contributed by atoms with Crippen molar-refractivity contribution >= 4 is 17.8 Å². The molecule has 2 aliphatic rings. The van der Waals surface area contributed by atoms with Gasteiger partial charge in [-0.3, -0.25) is 14.5 Å². The van der Waals surface area contributed by atoms with Crippen LogP contribution in [0, 0.1) is 17.8 Å². The highest BCUT2D eigenvalue weighted by Gasteiger charge is 2.62. The molecule has 0 aromatic carbocycles. The van der Waals surface area contributed by atoms with Crippen molar-refractivity contribution in [3.8, 4) is 0 Å². The number of oxazole rings is 1. The summed E-state index contributed by atoms with van der Waals surface area (Å²) in [6.07, 6.45) is 4.17. The van der Waals surface area contributed by atoms with Gasteiger partial charge in [-0.15, -0.1) is 0 Å². The maximum atomic E-state index is 15.2. The van der Waals surface area contributed by atoms with Crippen LogP contribution in [0.1, 0.15) is 50.5 Å². The first-order valence-corrected chi connectivity index (χ1v) is 9.27. The fourth-order valence-electron chi connectivity index (χ4n) is 4.04. The molecule has 0 saturated carbocycles. The quantitative estimate of drug-likeness (QED) is 0.805. The predicted molar refractivity (Wildman–Crippen MR) is 105 cm³/mol. The molecule has 2 heterocycles. The van der Waals surface area contributed by atoms with E-state index < -0.39 is 28.1 Å². The molecule has 0 spiro atoms. The smallest absolute Gasteiger partial charge is 0.277 e. The molecule has 1 aliphatic heterocycles. The van der Waals surface area contributed by atoms with Gasteiger partial charge in [-0.2, -0.15) is 0 Å². The second-order valence-electron chi connectivity index (χ2n) is 8.45. The fraction of sp³-hybridized carbons (Fsp3) is 0.500. The van der Waals surface area contributed by atoms with Crippen molar-refractivity contribution in [3.63, 3.8) is 0 Å². The molecule has 0 saturated heterocycles. The molecule has 1 unspecified atom stereocenters. The van der Waals surface area contributed by atoms with Crippen molar-refractivity contribution in [2.45, 2.75) is 46.6 Å². The van der Waals surface area contributed by atoms with Crippen LogP contribution < -0.4 is 11.1 Å².